The van der Waals surface area contributed by atoms with Gasteiger partial charge in [-0.3, -0.25) is 0 Å². The number of rotatable bonds is 4. The zero-order valence-electron chi connectivity index (χ0n) is 10.9. The third-order valence-electron chi connectivity index (χ3n) is 2.71. The SMILES string of the molecule is O[C@H](C#CCOCc1ccccc1)c1ccc(F)cc1. The van der Waals surface area contributed by atoms with E-state index in [0.717, 1.165) is 5.56 Å². The van der Waals surface area contributed by atoms with Crippen LogP contribution in [0.5, 0.6) is 0 Å². The molecule has 2 aromatic carbocycles. The average molecular weight is 270 g/mol. The van der Waals surface area contributed by atoms with E-state index in [1.807, 2.05) is 30.3 Å². The van der Waals surface area contributed by atoms with Crippen molar-refractivity contribution in [2.75, 3.05) is 6.61 Å². The molecule has 0 radical (unpaired) electrons. The van der Waals surface area contributed by atoms with Crippen molar-refractivity contribution in [1.82, 2.24) is 0 Å². The van der Waals surface area contributed by atoms with Gasteiger partial charge < -0.3 is 9.84 Å². The molecular formula is C17H15FO2. The summed E-state index contributed by atoms with van der Waals surface area (Å²) in [5.74, 6) is 5.08. The average Bonchev–Trinajstić information content (AvgIpc) is 2.48. The number of hydrogen-bond donors (Lipinski definition) is 1. The molecule has 0 aliphatic heterocycles. The maximum Gasteiger partial charge on any atom is 0.140 e. The van der Waals surface area contributed by atoms with Crippen molar-refractivity contribution in [2.45, 2.75) is 12.7 Å². The van der Waals surface area contributed by atoms with E-state index < -0.39 is 6.10 Å². The van der Waals surface area contributed by atoms with Gasteiger partial charge in [-0.25, -0.2) is 4.39 Å². The Labute approximate surface area is 117 Å². The first-order chi connectivity index (χ1) is 9.75. The van der Waals surface area contributed by atoms with Gasteiger partial charge in [0.1, 0.15) is 18.5 Å². The summed E-state index contributed by atoms with van der Waals surface area (Å²) in [6.45, 7) is 0.731. The zero-order chi connectivity index (χ0) is 14.2. The quantitative estimate of drug-likeness (QED) is 0.683. The van der Waals surface area contributed by atoms with Crippen LogP contribution in [0.2, 0.25) is 0 Å². The lowest BCUT2D eigenvalue weighted by Crippen LogP contribution is -1.96. The third kappa shape index (κ3) is 4.51. The Hall–Kier alpha value is -2.15. The highest BCUT2D eigenvalue weighted by atomic mass is 19.1. The van der Waals surface area contributed by atoms with E-state index in [1.54, 1.807) is 0 Å². The minimum Gasteiger partial charge on any atom is -0.376 e. The molecule has 0 aliphatic carbocycles. The van der Waals surface area contributed by atoms with Crippen LogP contribution in [0.25, 0.3) is 0 Å². The molecule has 0 heterocycles. The van der Waals surface area contributed by atoms with Crippen LogP contribution in [-0.2, 0) is 11.3 Å². The van der Waals surface area contributed by atoms with Gasteiger partial charge in [0.2, 0.25) is 0 Å². The first kappa shape index (κ1) is 14.3. The lowest BCUT2D eigenvalue weighted by Gasteiger charge is -2.03. The van der Waals surface area contributed by atoms with Crippen LogP contribution in [0.4, 0.5) is 4.39 Å². The molecule has 0 aliphatic rings. The number of benzene rings is 2. The fraction of sp³-hybridized carbons (Fsp3) is 0.176. The summed E-state index contributed by atoms with van der Waals surface area (Å²) >= 11 is 0. The van der Waals surface area contributed by atoms with Crippen molar-refractivity contribution in [3.8, 4) is 11.8 Å². The molecule has 1 atom stereocenters. The predicted octanol–water partition coefficient (Wildman–Crippen LogP) is 3.08. The van der Waals surface area contributed by atoms with Gasteiger partial charge in [0.25, 0.3) is 0 Å². The number of aliphatic hydroxyl groups excluding tert-OH is 1. The van der Waals surface area contributed by atoms with Gasteiger partial charge in [-0.2, -0.15) is 0 Å². The second kappa shape index (κ2) is 7.44. The van der Waals surface area contributed by atoms with Gasteiger partial charge in [-0.1, -0.05) is 54.3 Å². The summed E-state index contributed by atoms with van der Waals surface area (Å²) in [5.41, 5.74) is 1.65. The Bertz CT molecular complexity index is 582. The molecule has 20 heavy (non-hydrogen) atoms. The lowest BCUT2D eigenvalue weighted by atomic mass is 10.1. The standard InChI is InChI=1S/C17H15FO2/c18-16-10-8-15(9-11-16)17(19)7-4-12-20-13-14-5-2-1-3-6-14/h1-3,5-6,8-11,17,19H,12-13H2/t17-/m1/s1. The van der Waals surface area contributed by atoms with Crippen LogP contribution in [0.3, 0.4) is 0 Å². The number of ether oxygens (including phenoxy) is 1. The van der Waals surface area contributed by atoms with Crippen molar-refractivity contribution < 1.29 is 14.2 Å². The fourth-order valence-corrected chi connectivity index (χ4v) is 1.66. The summed E-state index contributed by atoms with van der Waals surface area (Å²) in [6.07, 6.45) is -0.920. The molecule has 2 rings (SSSR count). The van der Waals surface area contributed by atoms with Crippen LogP contribution in [0, 0.1) is 17.7 Å². The summed E-state index contributed by atoms with van der Waals surface area (Å²) in [4.78, 5) is 0. The largest absolute Gasteiger partial charge is 0.376 e. The molecule has 0 spiro atoms. The highest BCUT2D eigenvalue weighted by Crippen LogP contribution is 2.12. The van der Waals surface area contributed by atoms with Gasteiger partial charge >= 0.3 is 0 Å². The molecule has 1 N–H and O–H groups in total. The van der Waals surface area contributed by atoms with E-state index in [2.05, 4.69) is 11.8 Å². The molecule has 0 aromatic heterocycles. The zero-order valence-corrected chi connectivity index (χ0v) is 10.9. The molecule has 0 saturated carbocycles. The summed E-state index contributed by atoms with van der Waals surface area (Å²) in [6, 6.07) is 15.4. The van der Waals surface area contributed by atoms with Crippen molar-refractivity contribution >= 4 is 0 Å². The number of aliphatic hydroxyl groups is 1. The van der Waals surface area contributed by atoms with Crippen molar-refractivity contribution in [1.29, 1.82) is 0 Å². The second-order valence-electron chi connectivity index (χ2n) is 4.25. The Kier molecular flexibility index (Phi) is 5.31. The van der Waals surface area contributed by atoms with Crippen LogP contribution in [0.15, 0.2) is 54.6 Å². The molecule has 0 bridgehead atoms. The van der Waals surface area contributed by atoms with Crippen molar-refractivity contribution in [3.63, 3.8) is 0 Å². The van der Waals surface area contributed by atoms with Crippen LogP contribution in [0.1, 0.15) is 17.2 Å². The van der Waals surface area contributed by atoms with E-state index >= 15 is 0 Å². The lowest BCUT2D eigenvalue weighted by molar-refractivity contribution is 0.153. The van der Waals surface area contributed by atoms with Crippen LogP contribution in [-0.4, -0.2) is 11.7 Å². The summed E-state index contributed by atoms with van der Waals surface area (Å²) < 4.78 is 18.1. The second-order valence-corrected chi connectivity index (χ2v) is 4.25. The van der Waals surface area contributed by atoms with Crippen molar-refractivity contribution in [2.24, 2.45) is 0 Å². The van der Waals surface area contributed by atoms with E-state index in [1.165, 1.54) is 24.3 Å². The first-order valence-corrected chi connectivity index (χ1v) is 6.29. The topological polar surface area (TPSA) is 29.5 Å². The van der Waals surface area contributed by atoms with E-state index in [9.17, 15) is 9.50 Å². The molecule has 102 valence electrons. The molecule has 0 saturated heterocycles. The normalized spacial score (nSPS) is 11.5. The van der Waals surface area contributed by atoms with Crippen LogP contribution >= 0.6 is 0 Å². The third-order valence-corrected chi connectivity index (χ3v) is 2.71. The molecule has 0 amide bonds. The molecule has 0 unspecified atom stereocenters. The first-order valence-electron chi connectivity index (χ1n) is 6.29. The smallest absolute Gasteiger partial charge is 0.140 e. The molecule has 2 nitrogen and oxygen atoms in total. The van der Waals surface area contributed by atoms with E-state index in [4.69, 9.17) is 4.74 Å². The minimum absolute atomic E-state index is 0.243. The molecular weight excluding hydrogens is 255 g/mol. The van der Waals surface area contributed by atoms with E-state index in [0.29, 0.717) is 12.2 Å². The predicted molar refractivity (Wildman–Crippen MR) is 75.2 cm³/mol. The monoisotopic (exact) mass is 270 g/mol. The van der Waals surface area contributed by atoms with Crippen LogP contribution < -0.4 is 0 Å². The highest BCUT2D eigenvalue weighted by Gasteiger charge is 2.02. The van der Waals surface area contributed by atoms with Gasteiger partial charge in [-0.15, -0.1) is 0 Å². The minimum atomic E-state index is -0.920. The Morgan fingerprint density at radius 2 is 1.75 bits per heavy atom. The van der Waals surface area contributed by atoms with Gasteiger partial charge in [0, 0.05) is 0 Å². The molecule has 0 fully saturated rings. The van der Waals surface area contributed by atoms with Gasteiger partial charge in [0.15, 0.2) is 0 Å². The molecule has 2 aromatic rings. The number of hydrogen-bond acceptors (Lipinski definition) is 2. The maximum atomic E-state index is 12.7. The van der Waals surface area contributed by atoms with Gasteiger partial charge in [-0.05, 0) is 23.3 Å². The Morgan fingerprint density at radius 1 is 1.05 bits per heavy atom. The van der Waals surface area contributed by atoms with Crippen molar-refractivity contribution in [3.05, 3.63) is 71.5 Å². The highest BCUT2D eigenvalue weighted by molar-refractivity contribution is 5.25. The Balaban J connectivity index is 1.78. The summed E-state index contributed by atoms with van der Waals surface area (Å²) in [7, 11) is 0. The summed E-state index contributed by atoms with van der Waals surface area (Å²) in [5, 5.41) is 9.78. The van der Waals surface area contributed by atoms with E-state index in [-0.39, 0.29) is 12.4 Å². The maximum absolute atomic E-state index is 12.7. The Morgan fingerprint density at radius 3 is 2.45 bits per heavy atom. The fourth-order valence-electron chi connectivity index (χ4n) is 1.66. The van der Waals surface area contributed by atoms with Gasteiger partial charge in [0.05, 0.1) is 6.61 Å². The molecule has 3 heteroatoms. The number of halogens is 1.